The Kier molecular flexibility index (Phi) is 13.8. The molecule has 3 rings (SSSR count). The molecule has 0 aromatic heterocycles. The molecule has 240 valence electrons. The first-order chi connectivity index (χ1) is 17.8. The van der Waals surface area contributed by atoms with Crippen molar-refractivity contribution in [3.63, 3.8) is 0 Å². The van der Waals surface area contributed by atoms with Gasteiger partial charge in [0, 0.05) is 24.7 Å². The molecule has 40 heavy (non-hydrogen) atoms. The third-order valence-electron chi connectivity index (χ3n) is 10.9. The molecule has 0 N–H and O–H groups in total. The van der Waals surface area contributed by atoms with Crippen LogP contribution in [0.1, 0.15) is 163 Å². The summed E-state index contributed by atoms with van der Waals surface area (Å²) in [5, 5.41) is 0. The van der Waals surface area contributed by atoms with Crippen LogP contribution in [0.15, 0.2) is 0 Å². The van der Waals surface area contributed by atoms with Gasteiger partial charge in [-0.15, -0.1) is 0 Å². The molecule has 2 heterocycles. The van der Waals surface area contributed by atoms with Gasteiger partial charge in [-0.05, 0) is 132 Å². The van der Waals surface area contributed by atoms with Gasteiger partial charge in [0.25, 0.3) is 0 Å². The van der Waals surface area contributed by atoms with Crippen molar-refractivity contribution in [2.75, 3.05) is 26.2 Å². The van der Waals surface area contributed by atoms with Crippen molar-refractivity contribution in [1.82, 2.24) is 9.80 Å². The fourth-order valence-electron chi connectivity index (χ4n) is 7.02. The minimum Gasteiger partial charge on any atom is -0.301 e. The Labute approximate surface area is 255 Å². The molecule has 3 aliphatic rings. The summed E-state index contributed by atoms with van der Waals surface area (Å²) < 4.78 is 0. The van der Waals surface area contributed by atoms with E-state index in [4.69, 9.17) is 0 Å². The molecule has 4 unspecified atom stereocenters. The Balaban J connectivity index is 0.000000300. The molecule has 1 saturated carbocycles. The third kappa shape index (κ3) is 13.1. The lowest BCUT2D eigenvalue weighted by atomic mass is 9.63. The molecule has 1 aliphatic carbocycles. The zero-order valence-electron chi connectivity index (χ0n) is 31.1. The molecule has 0 aromatic rings. The topological polar surface area (TPSA) is 6.48 Å². The molecule has 0 aromatic carbocycles. The van der Waals surface area contributed by atoms with E-state index in [2.05, 4.69) is 128 Å². The number of likely N-dealkylation sites (tertiary alicyclic amines) is 2. The Morgan fingerprint density at radius 2 is 0.875 bits per heavy atom. The summed E-state index contributed by atoms with van der Waals surface area (Å²) >= 11 is 0. The lowest BCUT2D eigenvalue weighted by molar-refractivity contribution is 0.0787. The van der Waals surface area contributed by atoms with E-state index in [9.17, 15) is 0 Å². The van der Waals surface area contributed by atoms with Crippen LogP contribution >= 0.6 is 0 Å². The lowest BCUT2D eigenvalue weighted by Gasteiger charge is -2.42. The van der Waals surface area contributed by atoms with Crippen LogP contribution in [0, 0.1) is 45.3 Å². The van der Waals surface area contributed by atoms with E-state index in [1.807, 2.05) is 0 Å². The minimum atomic E-state index is 0.361. The third-order valence-corrected chi connectivity index (χ3v) is 10.9. The first kappa shape index (κ1) is 37.9. The number of piperidine rings is 1. The molecule has 3 fully saturated rings. The fraction of sp³-hybridized carbons (Fsp3) is 1.00. The number of hydrogen-bond acceptors (Lipinski definition) is 2. The van der Waals surface area contributed by atoms with Crippen molar-refractivity contribution < 1.29 is 0 Å². The molecule has 0 amide bonds. The van der Waals surface area contributed by atoms with Crippen molar-refractivity contribution in [2.45, 2.75) is 174 Å². The predicted molar refractivity (Wildman–Crippen MR) is 182 cm³/mol. The van der Waals surface area contributed by atoms with Crippen LogP contribution in [0.3, 0.4) is 0 Å². The van der Waals surface area contributed by atoms with Gasteiger partial charge < -0.3 is 4.90 Å². The van der Waals surface area contributed by atoms with Gasteiger partial charge in [0.1, 0.15) is 0 Å². The van der Waals surface area contributed by atoms with Crippen molar-refractivity contribution in [2.24, 2.45) is 45.3 Å². The van der Waals surface area contributed by atoms with Crippen LogP contribution in [-0.2, 0) is 0 Å². The summed E-state index contributed by atoms with van der Waals surface area (Å²) in [6, 6.07) is 0.727. The maximum atomic E-state index is 2.62. The quantitative estimate of drug-likeness (QED) is 0.313. The van der Waals surface area contributed by atoms with Crippen LogP contribution in [-0.4, -0.2) is 47.6 Å². The smallest absolute Gasteiger partial charge is 0.0125 e. The summed E-state index contributed by atoms with van der Waals surface area (Å²) in [5.41, 5.74) is 2.38. The zero-order valence-corrected chi connectivity index (χ0v) is 31.1. The van der Waals surface area contributed by atoms with Gasteiger partial charge in [-0.25, -0.2) is 0 Å². The number of nitrogens with zero attached hydrogens (tertiary/aromatic N) is 2. The van der Waals surface area contributed by atoms with Crippen LogP contribution in [0.2, 0.25) is 0 Å². The second-order valence-electron chi connectivity index (χ2n) is 19.6. The Bertz CT molecular complexity index is 660. The Morgan fingerprint density at radius 1 is 0.475 bits per heavy atom. The van der Waals surface area contributed by atoms with Crippen LogP contribution < -0.4 is 0 Å². The van der Waals surface area contributed by atoms with Gasteiger partial charge in [0.05, 0.1) is 0 Å². The van der Waals surface area contributed by atoms with Crippen molar-refractivity contribution in [1.29, 1.82) is 0 Å². The fourth-order valence-corrected chi connectivity index (χ4v) is 7.02. The van der Waals surface area contributed by atoms with Gasteiger partial charge in [0.2, 0.25) is 0 Å². The molecule has 2 nitrogen and oxygen atoms in total. The number of rotatable bonds is 1. The second kappa shape index (κ2) is 14.6. The van der Waals surface area contributed by atoms with E-state index >= 15 is 0 Å². The summed E-state index contributed by atoms with van der Waals surface area (Å²) in [4.78, 5) is 5.24. The van der Waals surface area contributed by atoms with E-state index in [0.29, 0.717) is 27.2 Å². The molecule has 0 spiro atoms. The second-order valence-corrected chi connectivity index (χ2v) is 19.6. The largest absolute Gasteiger partial charge is 0.301 e. The van der Waals surface area contributed by atoms with E-state index in [0.717, 1.165) is 29.7 Å². The highest BCUT2D eigenvalue weighted by molar-refractivity contribution is 4.89. The molecule has 2 heteroatoms. The molecular formula is C38H78N2. The van der Waals surface area contributed by atoms with Crippen molar-refractivity contribution in [3.8, 4) is 0 Å². The van der Waals surface area contributed by atoms with Crippen molar-refractivity contribution in [3.05, 3.63) is 0 Å². The first-order valence-electron chi connectivity index (χ1n) is 17.3. The van der Waals surface area contributed by atoms with Gasteiger partial charge >= 0.3 is 0 Å². The van der Waals surface area contributed by atoms with E-state index in [1.54, 1.807) is 0 Å². The van der Waals surface area contributed by atoms with Crippen LogP contribution in [0.5, 0.6) is 0 Å². The lowest BCUT2D eigenvalue weighted by Crippen LogP contribution is -2.43. The summed E-state index contributed by atoms with van der Waals surface area (Å²) in [5.74, 6) is 3.66. The molecule has 0 radical (unpaired) electrons. The average molecular weight is 563 g/mol. The highest BCUT2D eigenvalue weighted by Crippen LogP contribution is 2.46. The van der Waals surface area contributed by atoms with E-state index in [-0.39, 0.29) is 0 Å². The van der Waals surface area contributed by atoms with Crippen LogP contribution in [0.25, 0.3) is 0 Å². The van der Waals surface area contributed by atoms with Crippen LogP contribution in [0.4, 0.5) is 0 Å². The van der Waals surface area contributed by atoms with Gasteiger partial charge in [0.15, 0.2) is 0 Å². The average Bonchev–Trinajstić information content (AvgIpc) is 3.30. The monoisotopic (exact) mass is 563 g/mol. The number of hydrogen-bond donors (Lipinski definition) is 0. The SMILES string of the molecule is CC(C)(C)C1CCCC(C(C)(C)C)C1.CC(C)(C)C1CCN(C(C)(C)C)C1.CC(C)N1CCCC(C(C)(C)C)C1. The highest BCUT2D eigenvalue weighted by Gasteiger charge is 2.36. The maximum Gasteiger partial charge on any atom is 0.0125 e. The maximum absolute atomic E-state index is 2.62. The molecule has 2 saturated heterocycles. The first-order valence-corrected chi connectivity index (χ1v) is 17.3. The molecule has 0 bridgehead atoms. The Morgan fingerprint density at radius 3 is 1.20 bits per heavy atom. The summed E-state index contributed by atoms with van der Waals surface area (Å²) in [6.07, 6.45) is 10.00. The zero-order chi connectivity index (χ0) is 31.3. The molecule has 2 aliphatic heterocycles. The van der Waals surface area contributed by atoms with Gasteiger partial charge in [-0.2, -0.15) is 0 Å². The molecule has 4 atom stereocenters. The van der Waals surface area contributed by atoms with Crippen molar-refractivity contribution >= 4 is 0 Å². The van der Waals surface area contributed by atoms with E-state index in [1.165, 1.54) is 71.1 Å². The normalized spacial score (nSPS) is 28.1. The minimum absolute atomic E-state index is 0.361. The highest BCUT2D eigenvalue weighted by atomic mass is 15.2. The summed E-state index contributed by atoms with van der Waals surface area (Å²) in [6.45, 7) is 45.4. The van der Waals surface area contributed by atoms with Gasteiger partial charge in [-0.1, -0.05) is 89.5 Å². The van der Waals surface area contributed by atoms with Gasteiger partial charge in [-0.3, -0.25) is 4.90 Å². The Hall–Kier alpha value is -0.0800. The predicted octanol–water partition coefficient (Wildman–Crippen LogP) is 11.2. The molecular weight excluding hydrogens is 484 g/mol. The van der Waals surface area contributed by atoms with E-state index < -0.39 is 0 Å². The standard InChI is InChI=1S/C14H28.2C12H25N/c1-13(2,3)11-8-7-9-12(10-11)14(4,5)6;1-11(2,3)10-7-8-13(9-10)12(4,5)6;1-10(2)13-8-6-7-11(9-13)12(3,4)5/h11-12H,7-10H2,1-6H3;10H,7-9H2,1-6H3;10-11H,6-9H2,1-5H3. The summed E-state index contributed by atoms with van der Waals surface area (Å²) in [7, 11) is 0.